The van der Waals surface area contributed by atoms with Crippen molar-refractivity contribution in [3.8, 4) is 5.75 Å². The number of amides is 1. The van der Waals surface area contributed by atoms with Crippen LogP contribution in [0.4, 0.5) is 0 Å². The normalized spacial score (nSPS) is 20.0. The quantitative estimate of drug-likeness (QED) is 0.326. The van der Waals surface area contributed by atoms with Gasteiger partial charge in [-0.15, -0.1) is 24.0 Å². The molecular weight excluding hydrogens is 535 g/mol. The lowest BCUT2D eigenvalue weighted by Gasteiger charge is -2.21. The van der Waals surface area contributed by atoms with Gasteiger partial charge in [0.2, 0.25) is 5.91 Å². The van der Waals surface area contributed by atoms with Gasteiger partial charge in [-0.1, -0.05) is 18.9 Å². The fourth-order valence-corrected chi connectivity index (χ4v) is 4.49. The van der Waals surface area contributed by atoms with Gasteiger partial charge in [-0.05, 0) is 52.9 Å². The third kappa shape index (κ3) is 5.98. The molecule has 1 heterocycles. The number of nitrogens with zero attached hydrogens (tertiary/aromatic N) is 2. The summed E-state index contributed by atoms with van der Waals surface area (Å²) in [5.74, 6) is 2.19. The Kier molecular flexibility index (Phi) is 9.33. The van der Waals surface area contributed by atoms with Crippen molar-refractivity contribution in [2.75, 3.05) is 27.2 Å². The highest BCUT2D eigenvalue weighted by molar-refractivity contribution is 14.0. The maximum atomic E-state index is 12.6. The average Bonchev–Trinajstić information content (AvgIpc) is 3.36. The lowest BCUT2D eigenvalue weighted by atomic mass is 10.1. The lowest BCUT2D eigenvalue weighted by molar-refractivity contribution is -0.134. The van der Waals surface area contributed by atoms with Crippen LogP contribution in [0.25, 0.3) is 0 Å². The second-order valence-corrected chi connectivity index (χ2v) is 8.14. The van der Waals surface area contributed by atoms with Crippen LogP contribution in [0.1, 0.15) is 37.7 Å². The third-order valence-corrected chi connectivity index (χ3v) is 6.06. The predicted molar refractivity (Wildman–Crippen MR) is 126 cm³/mol. The summed E-state index contributed by atoms with van der Waals surface area (Å²) in [4.78, 5) is 18.9. The Morgan fingerprint density at radius 1 is 1.32 bits per heavy atom. The number of likely N-dealkylation sites (tertiary alicyclic amines) is 1. The summed E-state index contributed by atoms with van der Waals surface area (Å²) in [7, 11) is 3.43. The van der Waals surface area contributed by atoms with E-state index in [0.29, 0.717) is 12.5 Å². The molecule has 2 aliphatic rings. The van der Waals surface area contributed by atoms with Crippen molar-refractivity contribution in [1.29, 1.82) is 0 Å². The van der Waals surface area contributed by atoms with Crippen LogP contribution in [0.5, 0.6) is 5.75 Å². The van der Waals surface area contributed by atoms with Crippen LogP contribution in [0.15, 0.2) is 27.7 Å². The fourth-order valence-electron chi connectivity index (χ4n) is 3.90. The number of carbonyl (C=O) groups excluding carboxylic acids is 1. The van der Waals surface area contributed by atoms with E-state index >= 15 is 0 Å². The summed E-state index contributed by atoms with van der Waals surface area (Å²) in [6.07, 6.45) is 5.49. The highest BCUT2D eigenvalue weighted by atomic mass is 127. The summed E-state index contributed by atoms with van der Waals surface area (Å²) in [5.41, 5.74) is 1.13. The van der Waals surface area contributed by atoms with Gasteiger partial charge in [0.15, 0.2) is 5.96 Å². The topological polar surface area (TPSA) is 66.0 Å². The first-order valence-electron chi connectivity index (χ1n) is 9.69. The second-order valence-electron chi connectivity index (χ2n) is 7.29. The fraction of sp³-hybridized carbons (Fsp3) is 0.600. The number of aliphatic imine (C=N–C) groups is 1. The van der Waals surface area contributed by atoms with Gasteiger partial charge in [-0.2, -0.15) is 0 Å². The molecule has 0 aromatic heterocycles. The Morgan fingerprint density at radius 3 is 2.71 bits per heavy atom. The molecule has 1 saturated carbocycles. The minimum atomic E-state index is 0. The molecule has 0 spiro atoms. The molecule has 3 rings (SSSR count). The number of ether oxygens (including phenoxy) is 1. The minimum Gasteiger partial charge on any atom is -0.496 e. The lowest BCUT2D eigenvalue weighted by Crippen LogP contribution is -2.45. The van der Waals surface area contributed by atoms with Crippen molar-refractivity contribution in [2.45, 2.75) is 44.7 Å². The summed E-state index contributed by atoms with van der Waals surface area (Å²) < 4.78 is 6.20. The van der Waals surface area contributed by atoms with Crippen LogP contribution in [0.2, 0.25) is 0 Å². The van der Waals surface area contributed by atoms with Crippen LogP contribution in [0, 0.1) is 5.92 Å². The van der Waals surface area contributed by atoms with Gasteiger partial charge in [-0.3, -0.25) is 9.79 Å². The monoisotopic (exact) mass is 564 g/mol. The number of rotatable bonds is 5. The molecule has 1 saturated heterocycles. The number of methoxy groups -OCH3 is 1. The van der Waals surface area contributed by atoms with Gasteiger partial charge in [0.1, 0.15) is 5.75 Å². The van der Waals surface area contributed by atoms with Gasteiger partial charge in [0.05, 0.1) is 11.6 Å². The van der Waals surface area contributed by atoms with Crippen molar-refractivity contribution in [1.82, 2.24) is 15.5 Å². The molecule has 8 heteroatoms. The molecule has 2 N–H and O–H groups in total. The summed E-state index contributed by atoms with van der Waals surface area (Å²) >= 11 is 3.51. The highest BCUT2D eigenvalue weighted by Crippen LogP contribution is 2.28. The van der Waals surface area contributed by atoms with Crippen LogP contribution in [-0.4, -0.2) is 50.1 Å². The molecule has 0 bridgehead atoms. The highest BCUT2D eigenvalue weighted by Gasteiger charge is 2.32. The van der Waals surface area contributed by atoms with Crippen molar-refractivity contribution in [3.05, 3.63) is 28.2 Å². The zero-order valence-corrected chi connectivity index (χ0v) is 20.5. The molecule has 1 amide bonds. The predicted octanol–water partition coefficient (Wildman–Crippen LogP) is 3.53. The SMILES string of the molecule is CN=C(NCc1ccc(OC)c(Br)c1)NC1CCN(C(=O)C2CCCC2)C1.I. The maximum absolute atomic E-state index is 12.6. The van der Waals surface area contributed by atoms with E-state index in [1.807, 2.05) is 23.1 Å². The molecule has 6 nitrogen and oxygen atoms in total. The summed E-state index contributed by atoms with van der Waals surface area (Å²) in [6, 6.07) is 6.27. The average molecular weight is 565 g/mol. The molecule has 1 aromatic carbocycles. The molecule has 1 atom stereocenters. The standard InChI is InChI=1S/C20H29BrN4O2.HI/c1-22-20(23-12-14-7-8-18(27-2)17(21)11-14)24-16-9-10-25(13-16)19(26)15-5-3-4-6-15;/h7-8,11,15-16H,3-6,9-10,12-13H2,1-2H3,(H2,22,23,24);1H. The van der Waals surface area contributed by atoms with E-state index in [-0.39, 0.29) is 35.9 Å². The molecule has 1 aliphatic carbocycles. The Bertz CT molecular complexity index is 695. The van der Waals surface area contributed by atoms with E-state index in [9.17, 15) is 4.79 Å². The maximum Gasteiger partial charge on any atom is 0.225 e. The zero-order valence-electron chi connectivity index (χ0n) is 16.5. The van der Waals surface area contributed by atoms with Crippen molar-refractivity contribution >= 4 is 51.8 Å². The van der Waals surface area contributed by atoms with Crippen LogP contribution in [0.3, 0.4) is 0 Å². The number of hydrogen-bond acceptors (Lipinski definition) is 3. The molecule has 28 heavy (non-hydrogen) atoms. The number of nitrogens with one attached hydrogen (secondary N) is 2. The van der Waals surface area contributed by atoms with E-state index in [2.05, 4.69) is 31.6 Å². The number of guanidine groups is 1. The first-order chi connectivity index (χ1) is 13.1. The van der Waals surface area contributed by atoms with Gasteiger partial charge >= 0.3 is 0 Å². The minimum absolute atomic E-state index is 0. The summed E-state index contributed by atoms with van der Waals surface area (Å²) in [5, 5.41) is 6.81. The Hall–Kier alpha value is -1.03. The first-order valence-corrected chi connectivity index (χ1v) is 10.5. The molecule has 1 aromatic rings. The van der Waals surface area contributed by atoms with Crippen LogP contribution in [-0.2, 0) is 11.3 Å². The van der Waals surface area contributed by atoms with Crippen LogP contribution < -0.4 is 15.4 Å². The van der Waals surface area contributed by atoms with Gasteiger partial charge < -0.3 is 20.3 Å². The molecule has 0 radical (unpaired) electrons. The van der Waals surface area contributed by atoms with E-state index in [1.165, 1.54) is 12.8 Å². The number of carbonyl (C=O) groups is 1. The first kappa shape index (κ1) is 23.3. The molecule has 1 aliphatic heterocycles. The van der Waals surface area contributed by atoms with Gasteiger partial charge in [0.25, 0.3) is 0 Å². The van der Waals surface area contributed by atoms with Crippen molar-refractivity contribution < 1.29 is 9.53 Å². The molecule has 2 fully saturated rings. The number of halogens is 2. The number of hydrogen-bond donors (Lipinski definition) is 2. The smallest absolute Gasteiger partial charge is 0.225 e. The Morgan fingerprint density at radius 2 is 2.07 bits per heavy atom. The molecular formula is C20H30BrIN4O2. The Balaban J connectivity index is 0.00000280. The third-order valence-electron chi connectivity index (χ3n) is 5.44. The van der Waals surface area contributed by atoms with E-state index < -0.39 is 0 Å². The van der Waals surface area contributed by atoms with Gasteiger partial charge in [-0.25, -0.2) is 0 Å². The molecule has 156 valence electrons. The molecule has 1 unspecified atom stereocenters. The van der Waals surface area contributed by atoms with Gasteiger partial charge in [0, 0.05) is 38.6 Å². The van der Waals surface area contributed by atoms with Crippen LogP contribution >= 0.6 is 39.9 Å². The largest absolute Gasteiger partial charge is 0.496 e. The Labute approximate surface area is 193 Å². The second kappa shape index (κ2) is 11.2. The van der Waals surface area contributed by atoms with E-state index in [1.54, 1.807) is 14.2 Å². The van der Waals surface area contributed by atoms with Crippen molar-refractivity contribution in [2.24, 2.45) is 10.9 Å². The van der Waals surface area contributed by atoms with Crippen molar-refractivity contribution in [3.63, 3.8) is 0 Å². The van der Waals surface area contributed by atoms with E-state index in [0.717, 1.165) is 54.1 Å². The van der Waals surface area contributed by atoms with E-state index in [4.69, 9.17) is 4.74 Å². The zero-order chi connectivity index (χ0) is 19.2. The summed E-state index contributed by atoms with van der Waals surface area (Å²) in [6.45, 7) is 2.28. The number of benzene rings is 1.